The van der Waals surface area contributed by atoms with Crippen molar-refractivity contribution >= 4 is 11.0 Å². The average molecular weight is 328 g/mol. The van der Waals surface area contributed by atoms with Crippen molar-refractivity contribution in [3.8, 4) is 0 Å². The van der Waals surface area contributed by atoms with E-state index in [9.17, 15) is 5.11 Å². The zero-order chi connectivity index (χ0) is 17.1. The highest BCUT2D eigenvalue weighted by atomic mass is 16.3. The number of β-amino-alcohol motifs (C(OH)–C–C–N with tert-alkyl or cyclic N) is 1. The van der Waals surface area contributed by atoms with Crippen LogP contribution in [0.25, 0.3) is 11.0 Å². The van der Waals surface area contributed by atoms with Crippen LogP contribution >= 0.6 is 0 Å². The lowest BCUT2D eigenvalue weighted by atomic mass is 10.1. The van der Waals surface area contributed by atoms with Gasteiger partial charge in [-0.1, -0.05) is 19.1 Å². The SMILES string of the molecule is CC[C@H]1CN(Cc2nc3ccccc3nc2C)CCN1C[C@@H](C)O. The van der Waals surface area contributed by atoms with Crippen LogP contribution in [0.15, 0.2) is 24.3 Å². The fourth-order valence-electron chi connectivity index (χ4n) is 3.55. The van der Waals surface area contributed by atoms with Gasteiger partial charge in [-0.2, -0.15) is 0 Å². The summed E-state index contributed by atoms with van der Waals surface area (Å²) in [5.74, 6) is 0. The number of hydrogen-bond acceptors (Lipinski definition) is 5. The van der Waals surface area contributed by atoms with Crippen molar-refractivity contribution in [3.63, 3.8) is 0 Å². The molecule has 5 heteroatoms. The van der Waals surface area contributed by atoms with Gasteiger partial charge in [0.15, 0.2) is 0 Å². The smallest absolute Gasteiger partial charge is 0.0890 e. The van der Waals surface area contributed by atoms with Crippen LogP contribution in [0.4, 0.5) is 0 Å². The van der Waals surface area contributed by atoms with Crippen molar-refractivity contribution in [2.75, 3.05) is 26.2 Å². The van der Waals surface area contributed by atoms with Gasteiger partial charge in [0.1, 0.15) is 0 Å². The summed E-state index contributed by atoms with van der Waals surface area (Å²) < 4.78 is 0. The van der Waals surface area contributed by atoms with Gasteiger partial charge >= 0.3 is 0 Å². The Balaban J connectivity index is 1.71. The lowest BCUT2D eigenvalue weighted by molar-refractivity contribution is 0.0333. The molecule has 2 aromatic rings. The molecule has 2 heterocycles. The van der Waals surface area contributed by atoms with Gasteiger partial charge in [-0.05, 0) is 32.4 Å². The molecule has 2 atom stereocenters. The molecule has 0 amide bonds. The number of piperazine rings is 1. The molecule has 0 unspecified atom stereocenters. The molecular weight excluding hydrogens is 300 g/mol. The van der Waals surface area contributed by atoms with Crippen LogP contribution in [-0.4, -0.2) is 63.2 Å². The number of nitrogens with zero attached hydrogens (tertiary/aromatic N) is 4. The van der Waals surface area contributed by atoms with Gasteiger partial charge in [-0.25, -0.2) is 9.97 Å². The molecule has 1 aliphatic heterocycles. The van der Waals surface area contributed by atoms with E-state index in [1.54, 1.807) is 0 Å². The van der Waals surface area contributed by atoms with Crippen LogP contribution in [0.2, 0.25) is 0 Å². The first-order valence-electron chi connectivity index (χ1n) is 8.93. The summed E-state index contributed by atoms with van der Waals surface area (Å²) >= 11 is 0. The maximum Gasteiger partial charge on any atom is 0.0890 e. The van der Waals surface area contributed by atoms with Gasteiger partial charge in [-0.3, -0.25) is 9.80 Å². The molecule has 1 aromatic heterocycles. The molecule has 3 rings (SSSR count). The molecule has 5 nitrogen and oxygen atoms in total. The highest BCUT2D eigenvalue weighted by Crippen LogP contribution is 2.18. The van der Waals surface area contributed by atoms with Gasteiger partial charge in [0.2, 0.25) is 0 Å². The number of aromatic nitrogens is 2. The fourth-order valence-corrected chi connectivity index (χ4v) is 3.55. The predicted octanol–water partition coefficient (Wildman–Crippen LogP) is 2.22. The van der Waals surface area contributed by atoms with Crippen molar-refractivity contribution in [2.45, 2.75) is 45.9 Å². The molecule has 1 aromatic carbocycles. The van der Waals surface area contributed by atoms with Gasteiger partial charge in [0.05, 0.1) is 28.5 Å². The number of hydrogen-bond donors (Lipinski definition) is 1. The van der Waals surface area contributed by atoms with Crippen LogP contribution in [0.5, 0.6) is 0 Å². The van der Waals surface area contributed by atoms with Crippen molar-refractivity contribution in [1.82, 2.24) is 19.8 Å². The Labute approximate surface area is 144 Å². The highest BCUT2D eigenvalue weighted by molar-refractivity contribution is 5.74. The second-order valence-electron chi connectivity index (χ2n) is 6.89. The normalized spacial score (nSPS) is 21.2. The van der Waals surface area contributed by atoms with Crippen LogP contribution in [0, 0.1) is 6.92 Å². The molecule has 1 saturated heterocycles. The quantitative estimate of drug-likeness (QED) is 0.912. The van der Waals surface area contributed by atoms with E-state index in [4.69, 9.17) is 9.97 Å². The molecule has 0 radical (unpaired) electrons. The minimum absolute atomic E-state index is 0.265. The summed E-state index contributed by atoms with van der Waals surface area (Å²) in [5.41, 5.74) is 4.03. The Hall–Kier alpha value is -1.56. The van der Waals surface area contributed by atoms with Crippen molar-refractivity contribution < 1.29 is 5.11 Å². The van der Waals surface area contributed by atoms with Gasteiger partial charge in [0.25, 0.3) is 0 Å². The third-order valence-electron chi connectivity index (χ3n) is 4.88. The van der Waals surface area contributed by atoms with E-state index >= 15 is 0 Å². The third kappa shape index (κ3) is 3.91. The second kappa shape index (κ2) is 7.55. The number of para-hydroxylation sites is 2. The predicted molar refractivity (Wildman–Crippen MR) is 96.9 cm³/mol. The van der Waals surface area contributed by atoms with Gasteiger partial charge < -0.3 is 5.11 Å². The first-order chi connectivity index (χ1) is 11.6. The Kier molecular flexibility index (Phi) is 5.43. The molecule has 0 saturated carbocycles. The highest BCUT2D eigenvalue weighted by Gasteiger charge is 2.26. The lowest BCUT2D eigenvalue weighted by Crippen LogP contribution is -2.54. The molecule has 0 bridgehead atoms. The zero-order valence-corrected chi connectivity index (χ0v) is 14.9. The Morgan fingerprint density at radius 1 is 1.21 bits per heavy atom. The van der Waals surface area contributed by atoms with Gasteiger partial charge in [-0.15, -0.1) is 0 Å². The summed E-state index contributed by atoms with van der Waals surface area (Å²) in [4.78, 5) is 14.4. The second-order valence-corrected chi connectivity index (χ2v) is 6.89. The Bertz CT molecular complexity index is 688. The van der Waals surface area contributed by atoms with E-state index in [1.165, 1.54) is 0 Å². The first-order valence-corrected chi connectivity index (χ1v) is 8.93. The van der Waals surface area contributed by atoms with E-state index in [0.29, 0.717) is 6.04 Å². The van der Waals surface area contributed by atoms with E-state index in [1.807, 2.05) is 31.2 Å². The van der Waals surface area contributed by atoms with E-state index in [2.05, 4.69) is 23.6 Å². The Morgan fingerprint density at radius 3 is 2.58 bits per heavy atom. The molecule has 130 valence electrons. The van der Waals surface area contributed by atoms with Crippen molar-refractivity contribution in [1.29, 1.82) is 0 Å². The minimum Gasteiger partial charge on any atom is -0.392 e. The average Bonchev–Trinajstić information content (AvgIpc) is 2.56. The number of rotatable bonds is 5. The van der Waals surface area contributed by atoms with Crippen LogP contribution in [0.1, 0.15) is 31.7 Å². The van der Waals surface area contributed by atoms with Crippen LogP contribution < -0.4 is 0 Å². The topological polar surface area (TPSA) is 52.5 Å². The third-order valence-corrected chi connectivity index (χ3v) is 4.88. The monoisotopic (exact) mass is 328 g/mol. The number of aryl methyl sites for hydroxylation is 1. The number of aliphatic hydroxyl groups excluding tert-OH is 1. The summed E-state index contributed by atoms with van der Waals surface area (Å²) in [6.07, 6.45) is 0.838. The summed E-state index contributed by atoms with van der Waals surface area (Å²) in [7, 11) is 0. The first kappa shape index (κ1) is 17.3. The fraction of sp³-hybridized carbons (Fsp3) is 0.579. The lowest BCUT2D eigenvalue weighted by Gasteiger charge is -2.41. The number of aliphatic hydroxyl groups is 1. The van der Waals surface area contributed by atoms with E-state index in [0.717, 1.165) is 61.6 Å². The molecule has 24 heavy (non-hydrogen) atoms. The van der Waals surface area contributed by atoms with E-state index in [-0.39, 0.29) is 6.10 Å². The summed E-state index contributed by atoms with van der Waals surface area (Å²) in [6.45, 7) is 10.8. The molecule has 1 fully saturated rings. The molecular formula is C19H28N4O. The number of fused-ring (bicyclic) bond motifs is 1. The summed E-state index contributed by atoms with van der Waals surface area (Å²) in [5, 5.41) is 9.68. The largest absolute Gasteiger partial charge is 0.392 e. The zero-order valence-electron chi connectivity index (χ0n) is 14.9. The van der Waals surface area contributed by atoms with Crippen molar-refractivity contribution in [2.24, 2.45) is 0 Å². The van der Waals surface area contributed by atoms with Crippen LogP contribution in [0.3, 0.4) is 0 Å². The maximum atomic E-state index is 9.68. The van der Waals surface area contributed by atoms with Gasteiger partial charge in [0, 0.05) is 38.8 Å². The number of benzene rings is 1. The molecule has 0 spiro atoms. The maximum absolute atomic E-state index is 9.68. The van der Waals surface area contributed by atoms with Crippen LogP contribution in [-0.2, 0) is 6.54 Å². The molecule has 1 N–H and O–H groups in total. The molecule has 1 aliphatic rings. The Morgan fingerprint density at radius 2 is 1.92 bits per heavy atom. The summed E-state index contributed by atoms with van der Waals surface area (Å²) in [6, 6.07) is 8.56. The standard InChI is InChI=1S/C19H28N4O/c1-4-16-12-22(9-10-23(16)11-14(2)24)13-19-15(3)20-17-7-5-6-8-18(17)21-19/h5-8,14,16,24H,4,9-13H2,1-3H3/t14-,16+/m1/s1. The minimum atomic E-state index is -0.265. The van der Waals surface area contributed by atoms with E-state index < -0.39 is 0 Å². The van der Waals surface area contributed by atoms with Crippen molar-refractivity contribution in [3.05, 3.63) is 35.7 Å². The molecule has 0 aliphatic carbocycles.